The van der Waals surface area contributed by atoms with Gasteiger partial charge in [0.2, 0.25) is 5.82 Å². The topological polar surface area (TPSA) is 63.8 Å². The molecule has 0 amide bonds. The molecule has 1 heterocycles. The smallest absolute Gasteiger partial charge is 0.393 e. The molecule has 0 radical (unpaired) electrons. The van der Waals surface area contributed by atoms with E-state index in [1.54, 1.807) is 13.8 Å². The summed E-state index contributed by atoms with van der Waals surface area (Å²) in [6, 6.07) is -0.116. The van der Waals surface area contributed by atoms with Crippen molar-refractivity contribution in [1.29, 1.82) is 0 Å². The molecule has 4 nitrogen and oxygen atoms in total. The average Bonchev–Trinajstić information content (AvgIpc) is 2.10. The standard InChI is InChI=1S/C8H10ClF3N4/c1-3(2)14-6-4(13)5(9)15-7(16-6)8(10,11)12/h3H,13H2,1-2H3,(H,14,15,16). The van der Waals surface area contributed by atoms with Gasteiger partial charge in [0.15, 0.2) is 11.0 Å². The molecule has 8 heteroatoms. The number of hydrogen-bond donors (Lipinski definition) is 2. The Morgan fingerprint density at radius 1 is 1.31 bits per heavy atom. The minimum absolute atomic E-state index is 0.0941. The van der Waals surface area contributed by atoms with E-state index >= 15 is 0 Å². The predicted octanol–water partition coefficient (Wildman–Crippen LogP) is 2.55. The van der Waals surface area contributed by atoms with E-state index in [0.29, 0.717) is 0 Å². The van der Waals surface area contributed by atoms with Gasteiger partial charge in [-0.3, -0.25) is 0 Å². The molecule has 0 unspecified atom stereocenters. The van der Waals surface area contributed by atoms with Crippen LogP contribution in [0.1, 0.15) is 19.7 Å². The van der Waals surface area contributed by atoms with Gasteiger partial charge in [0.25, 0.3) is 0 Å². The van der Waals surface area contributed by atoms with E-state index in [0.717, 1.165) is 0 Å². The van der Waals surface area contributed by atoms with Gasteiger partial charge < -0.3 is 11.1 Å². The monoisotopic (exact) mass is 254 g/mol. The van der Waals surface area contributed by atoms with Gasteiger partial charge in [0.1, 0.15) is 5.69 Å². The lowest BCUT2D eigenvalue weighted by atomic mass is 10.3. The van der Waals surface area contributed by atoms with Crippen molar-refractivity contribution in [2.75, 3.05) is 11.1 Å². The van der Waals surface area contributed by atoms with Crippen molar-refractivity contribution in [2.45, 2.75) is 26.1 Å². The first-order valence-corrected chi connectivity index (χ1v) is 4.76. The van der Waals surface area contributed by atoms with Crippen LogP contribution in [0.3, 0.4) is 0 Å². The summed E-state index contributed by atoms with van der Waals surface area (Å²) in [7, 11) is 0. The first-order valence-electron chi connectivity index (χ1n) is 4.38. The van der Waals surface area contributed by atoms with E-state index in [4.69, 9.17) is 17.3 Å². The Labute approximate surface area is 95.0 Å². The molecule has 0 saturated heterocycles. The maximum atomic E-state index is 12.4. The van der Waals surface area contributed by atoms with Gasteiger partial charge in [-0.05, 0) is 13.8 Å². The van der Waals surface area contributed by atoms with Crippen molar-refractivity contribution in [2.24, 2.45) is 0 Å². The fraction of sp³-hybridized carbons (Fsp3) is 0.500. The predicted molar refractivity (Wildman–Crippen MR) is 55.2 cm³/mol. The third-order valence-electron chi connectivity index (χ3n) is 1.58. The normalized spacial score (nSPS) is 11.9. The summed E-state index contributed by atoms with van der Waals surface area (Å²) >= 11 is 5.49. The third kappa shape index (κ3) is 2.88. The quantitative estimate of drug-likeness (QED) is 0.796. The summed E-state index contributed by atoms with van der Waals surface area (Å²) in [5.41, 5.74) is 5.36. The molecule has 0 aliphatic carbocycles. The van der Waals surface area contributed by atoms with Crippen LogP contribution in [0.5, 0.6) is 0 Å². The molecule has 0 aliphatic rings. The SMILES string of the molecule is CC(C)Nc1nc(C(F)(F)F)nc(Cl)c1N. The Morgan fingerprint density at radius 3 is 2.31 bits per heavy atom. The third-order valence-corrected chi connectivity index (χ3v) is 1.87. The number of rotatable bonds is 2. The van der Waals surface area contributed by atoms with Crippen molar-refractivity contribution in [3.63, 3.8) is 0 Å². The zero-order valence-corrected chi connectivity index (χ0v) is 9.32. The lowest BCUT2D eigenvalue weighted by Crippen LogP contribution is -2.18. The van der Waals surface area contributed by atoms with Gasteiger partial charge in [-0.1, -0.05) is 11.6 Å². The maximum Gasteiger partial charge on any atom is 0.451 e. The van der Waals surface area contributed by atoms with E-state index in [2.05, 4.69) is 15.3 Å². The molecule has 1 rings (SSSR count). The molecule has 1 aromatic heterocycles. The summed E-state index contributed by atoms with van der Waals surface area (Å²) in [4.78, 5) is 6.36. The van der Waals surface area contributed by atoms with Gasteiger partial charge in [-0.25, -0.2) is 9.97 Å². The van der Waals surface area contributed by atoms with Gasteiger partial charge in [0, 0.05) is 6.04 Å². The second-order valence-corrected chi connectivity index (χ2v) is 3.76. The Bertz CT molecular complexity index is 392. The fourth-order valence-electron chi connectivity index (χ4n) is 0.952. The average molecular weight is 255 g/mol. The number of aromatic nitrogens is 2. The molecule has 0 spiro atoms. The minimum Gasteiger partial charge on any atom is -0.393 e. The van der Waals surface area contributed by atoms with Crippen molar-refractivity contribution >= 4 is 23.1 Å². The Balaban J connectivity index is 3.22. The van der Waals surface area contributed by atoms with Crippen LogP contribution in [-0.2, 0) is 6.18 Å². The first-order chi connectivity index (χ1) is 7.21. The molecule has 1 aromatic rings. The lowest BCUT2D eigenvalue weighted by Gasteiger charge is -2.14. The number of alkyl halides is 3. The summed E-state index contributed by atoms with van der Waals surface area (Å²) in [6.45, 7) is 3.48. The number of hydrogen-bond acceptors (Lipinski definition) is 4. The minimum atomic E-state index is -4.65. The van der Waals surface area contributed by atoms with E-state index in [-0.39, 0.29) is 17.5 Å². The molecule has 0 aromatic carbocycles. The summed E-state index contributed by atoms with van der Waals surface area (Å²) < 4.78 is 37.1. The van der Waals surface area contributed by atoms with Crippen LogP contribution in [-0.4, -0.2) is 16.0 Å². The van der Waals surface area contributed by atoms with E-state index in [1.165, 1.54) is 0 Å². The van der Waals surface area contributed by atoms with Crippen molar-refractivity contribution < 1.29 is 13.2 Å². The highest BCUT2D eigenvalue weighted by Crippen LogP contribution is 2.32. The van der Waals surface area contributed by atoms with Crippen molar-refractivity contribution in [3.8, 4) is 0 Å². The molecule has 0 fully saturated rings. The van der Waals surface area contributed by atoms with Crippen LogP contribution in [0, 0.1) is 0 Å². The molecular weight excluding hydrogens is 245 g/mol. The number of nitrogen functional groups attached to an aromatic ring is 1. The molecule has 0 saturated carbocycles. The Hall–Kier alpha value is -1.24. The van der Waals surface area contributed by atoms with Crippen LogP contribution >= 0.6 is 11.6 Å². The summed E-state index contributed by atoms with van der Waals surface area (Å²) in [5.74, 6) is -1.42. The number of nitrogens with zero attached hydrogens (tertiary/aromatic N) is 2. The maximum absolute atomic E-state index is 12.4. The van der Waals surface area contributed by atoms with Crippen LogP contribution in [0.15, 0.2) is 0 Å². The zero-order chi connectivity index (χ0) is 12.5. The van der Waals surface area contributed by atoms with Crippen LogP contribution in [0.25, 0.3) is 0 Å². The summed E-state index contributed by atoms with van der Waals surface area (Å²) in [6.07, 6.45) is -4.65. The lowest BCUT2D eigenvalue weighted by molar-refractivity contribution is -0.144. The fourth-order valence-corrected chi connectivity index (χ4v) is 1.12. The van der Waals surface area contributed by atoms with Gasteiger partial charge in [0.05, 0.1) is 0 Å². The molecule has 0 bridgehead atoms. The second-order valence-electron chi connectivity index (χ2n) is 3.40. The van der Waals surface area contributed by atoms with Crippen molar-refractivity contribution in [1.82, 2.24) is 9.97 Å². The molecule has 90 valence electrons. The molecule has 3 N–H and O–H groups in total. The van der Waals surface area contributed by atoms with Crippen LogP contribution in [0.4, 0.5) is 24.7 Å². The highest BCUT2D eigenvalue weighted by atomic mass is 35.5. The largest absolute Gasteiger partial charge is 0.451 e. The Kier molecular flexibility index (Phi) is 3.47. The van der Waals surface area contributed by atoms with Gasteiger partial charge >= 0.3 is 6.18 Å². The number of halogens is 4. The number of nitrogens with two attached hydrogens (primary N) is 1. The summed E-state index contributed by atoms with van der Waals surface area (Å²) in [5, 5.41) is 2.25. The number of nitrogens with one attached hydrogen (secondary N) is 1. The first kappa shape index (κ1) is 12.8. The van der Waals surface area contributed by atoms with E-state index < -0.39 is 17.2 Å². The second kappa shape index (κ2) is 4.32. The molecule has 0 aliphatic heterocycles. The van der Waals surface area contributed by atoms with Gasteiger partial charge in [-0.2, -0.15) is 13.2 Å². The highest BCUT2D eigenvalue weighted by Gasteiger charge is 2.36. The van der Waals surface area contributed by atoms with Crippen LogP contribution < -0.4 is 11.1 Å². The van der Waals surface area contributed by atoms with E-state index in [9.17, 15) is 13.2 Å². The molecule has 0 atom stereocenters. The van der Waals surface area contributed by atoms with Crippen molar-refractivity contribution in [3.05, 3.63) is 11.0 Å². The van der Waals surface area contributed by atoms with E-state index in [1.807, 2.05) is 0 Å². The molecular formula is C8H10ClF3N4. The highest BCUT2D eigenvalue weighted by molar-refractivity contribution is 6.32. The van der Waals surface area contributed by atoms with Gasteiger partial charge in [-0.15, -0.1) is 0 Å². The Morgan fingerprint density at radius 2 is 1.88 bits per heavy atom. The zero-order valence-electron chi connectivity index (χ0n) is 8.56. The van der Waals surface area contributed by atoms with Crippen LogP contribution in [0.2, 0.25) is 5.15 Å². The number of anilines is 2. The molecule has 16 heavy (non-hydrogen) atoms.